The second kappa shape index (κ2) is 5.79. The smallest absolute Gasteiger partial charge is 0.0693 e. The van der Waals surface area contributed by atoms with Gasteiger partial charge >= 0.3 is 0 Å². The molecule has 1 atom stereocenters. The molecule has 4 heteroatoms. The first-order valence-electron chi connectivity index (χ1n) is 6.29. The summed E-state index contributed by atoms with van der Waals surface area (Å²) in [5.41, 5.74) is 7.28. The van der Waals surface area contributed by atoms with Gasteiger partial charge in [0, 0.05) is 23.2 Å². The van der Waals surface area contributed by atoms with Crippen molar-refractivity contribution < 1.29 is 4.74 Å². The predicted molar refractivity (Wildman–Crippen MR) is 76.3 cm³/mol. The Hall–Kier alpha value is -0.280. The van der Waals surface area contributed by atoms with Crippen LogP contribution in [0.1, 0.15) is 31.2 Å². The Bertz CT molecular complexity index is 413. The third-order valence-corrected chi connectivity index (χ3v) is 4.42. The molecule has 0 amide bonds. The standard InChI is InChI=1S/C14H19Cl2NO/c1-18-14(5-2-6-14)9-12(17)7-10-3-4-11(15)8-13(10)16/h3-4,8,12H,2,5-7,9,17H2,1H3. The highest BCUT2D eigenvalue weighted by atomic mass is 35.5. The van der Waals surface area contributed by atoms with Crippen molar-refractivity contribution in [2.24, 2.45) is 5.73 Å². The number of nitrogens with two attached hydrogens (primary N) is 1. The van der Waals surface area contributed by atoms with Crippen LogP contribution < -0.4 is 5.73 Å². The number of rotatable bonds is 5. The molecule has 0 spiro atoms. The second-order valence-corrected chi connectivity index (χ2v) is 5.99. The Labute approximate surface area is 118 Å². The summed E-state index contributed by atoms with van der Waals surface area (Å²) in [4.78, 5) is 0. The first-order chi connectivity index (χ1) is 8.54. The largest absolute Gasteiger partial charge is 0.378 e. The summed E-state index contributed by atoms with van der Waals surface area (Å²) in [6, 6.07) is 5.64. The highest BCUT2D eigenvalue weighted by Crippen LogP contribution is 2.39. The number of halogens is 2. The van der Waals surface area contributed by atoms with E-state index in [1.54, 1.807) is 13.2 Å². The van der Waals surface area contributed by atoms with E-state index >= 15 is 0 Å². The van der Waals surface area contributed by atoms with Crippen LogP contribution >= 0.6 is 23.2 Å². The molecule has 1 saturated carbocycles. The van der Waals surface area contributed by atoms with Gasteiger partial charge in [-0.25, -0.2) is 0 Å². The molecule has 1 aromatic rings. The molecule has 100 valence electrons. The van der Waals surface area contributed by atoms with E-state index in [0.717, 1.165) is 31.2 Å². The lowest BCUT2D eigenvalue weighted by Gasteiger charge is -2.42. The molecule has 2 rings (SSSR count). The van der Waals surface area contributed by atoms with Gasteiger partial charge < -0.3 is 10.5 Å². The maximum absolute atomic E-state index is 6.21. The van der Waals surface area contributed by atoms with Gasteiger partial charge in [-0.05, 0) is 49.8 Å². The van der Waals surface area contributed by atoms with Gasteiger partial charge in [-0.2, -0.15) is 0 Å². The van der Waals surface area contributed by atoms with Crippen LogP contribution in [0.15, 0.2) is 18.2 Å². The summed E-state index contributed by atoms with van der Waals surface area (Å²) in [5, 5.41) is 1.35. The molecule has 0 bridgehead atoms. The predicted octanol–water partition coefficient (Wildman–Crippen LogP) is 3.82. The molecule has 1 aliphatic carbocycles. The molecule has 1 aromatic carbocycles. The maximum Gasteiger partial charge on any atom is 0.0693 e. The van der Waals surface area contributed by atoms with E-state index < -0.39 is 0 Å². The zero-order valence-electron chi connectivity index (χ0n) is 10.6. The van der Waals surface area contributed by atoms with Crippen molar-refractivity contribution in [1.29, 1.82) is 0 Å². The van der Waals surface area contributed by atoms with Gasteiger partial charge in [0.2, 0.25) is 0 Å². The summed E-state index contributed by atoms with van der Waals surface area (Å²) in [6.07, 6.45) is 5.13. The summed E-state index contributed by atoms with van der Waals surface area (Å²) < 4.78 is 5.60. The Morgan fingerprint density at radius 2 is 2.11 bits per heavy atom. The maximum atomic E-state index is 6.21. The molecule has 1 fully saturated rings. The summed E-state index contributed by atoms with van der Waals surface area (Å²) in [6.45, 7) is 0. The molecular formula is C14H19Cl2NO. The molecule has 0 aliphatic heterocycles. The lowest BCUT2D eigenvalue weighted by atomic mass is 9.75. The van der Waals surface area contributed by atoms with Gasteiger partial charge in [0.25, 0.3) is 0 Å². The van der Waals surface area contributed by atoms with Gasteiger partial charge in [0.05, 0.1) is 5.60 Å². The van der Waals surface area contributed by atoms with Crippen LogP contribution in [-0.2, 0) is 11.2 Å². The lowest BCUT2D eigenvalue weighted by molar-refractivity contribution is -0.0813. The SMILES string of the molecule is COC1(CC(N)Cc2ccc(Cl)cc2Cl)CCC1. The van der Waals surface area contributed by atoms with Crippen LogP contribution in [0, 0.1) is 0 Å². The van der Waals surface area contributed by atoms with Crippen molar-refractivity contribution in [2.75, 3.05) is 7.11 Å². The van der Waals surface area contributed by atoms with Crippen molar-refractivity contribution in [2.45, 2.75) is 43.7 Å². The van der Waals surface area contributed by atoms with Crippen LogP contribution in [0.5, 0.6) is 0 Å². The Morgan fingerprint density at radius 3 is 2.61 bits per heavy atom. The zero-order chi connectivity index (χ0) is 13.2. The molecule has 0 saturated heterocycles. The van der Waals surface area contributed by atoms with Crippen LogP contribution in [0.3, 0.4) is 0 Å². The molecule has 2 nitrogen and oxygen atoms in total. The van der Waals surface area contributed by atoms with Gasteiger partial charge in [-0.3, -0.25) is 0 Å². The lowest BCUT2D eigenvalue weighted by Crippen LogP contribution is -2.45. The average molecular weight is 288 g/mol. The third-order valence-electron chi connectivity index (χ3n) is 3.83. The molecule has 1 aliphatic rings. The molecule has 1 unspecified atom stereocenters. The second-order valence-electron chi connectivity index (χ2n) is 5.14. The highest BCUT2D eigenvalue weighted by molar-refractivity contribution is 6.35. The minimum absolute atomic E-state index is 0.0122. The van der Waals surface area contributed by atoms with E-state index in [1.807, 2.05) is 12.1 Å². The Balaban J connectivity index is 1.96. The number of benzene rings is 1. The zero-order valence-corrected chi connectivity index (χ0v) is 12.1. The number of ether oxygens (including phenoxy) is 1. The van der Waals surface area contributed by atoms with Gasteiger partial charge in [0.15, 0.2) is 0 Å². The Kier molecular flexibility index (Phi) is 4.54. The van der Waals surface area contributed by atoms with E-state index in [1.165, 1.54) is 6.42 Å². The van der Waals surface area contributed by atoms with Crippen molar-refractivity contribution in [3.05, 3.63) is 33.8 Å². The van der Waals surface area contributed by atoms with Crippen molar-refractivity contribution in [3.63, 3.8) is 0 Å². The molecule has 0 aromatic heterocycles. The quantitative estimate of drug-likeness (QED) is 0.894. The summed E-state index contributed by atoms with van der Waals surface area (Å²) in [5.74, 6) is 0. The monoisotopic (exact) mass is 287 g/mol. The fourth-order valence-electron chi connectivity index (χ4n) is 2.58. The molecule has 2 N–H and O–H groups in total. The van der Waals surface area contributed by atoms with Gasteiger partial charge in [-0.1, -0.05) is 29.3 Å². The summed E-state index contributed by atoms with van der Waals surface area (Å²) in [7, 11) is 1.78. The molecule has 18 heavy (non-hydrogen) atoms. The first-order valence-corrected chi connectivity index (χ1v) is 7.05. The number of hydrogen-bond acceptors (Lipinski definition) is 2. The minimum atomic E-state index is 0.0122. The average Bonchev–Trinajstić information content (AvgIpc) is 2.27. The fourth-order valence-corrected chi connectivity index (χ4v) is 3.07. The molecule has 0 radical (unpaired) electrons. The number of methoxy groups -OCH3 is 1. The van der Waals surface area contributed by atoms with E-state index in [4.69, 9.17) is 33.7 Å². The first kappa shape index (κ1) is 14.1. The van der Waals surface area contributed by atoms with Crippen molar-refractivity contribution >= 4 is 23.2 Å². The van der Waals surface area contributed by atoms with Crippen molar-refractivity contribution in [3.8, 4) is 0 Å². The normalized spacial score (nSPS) is 19.3. The van der Waals surface area contributed by atoms with Crippen LogP contribution in [0.25, 0.3) is 0 Å². The molecule has 0 heterocycles. The highest BCUT2D eigenvalue weighted by Gasteiger charge is 2.38. The minimum Gasteiger partial charge on any atom is -0.378 e. The molecular weight excluding hydrogens is 269 g/mol. The Morgan fingerprint density at radius 1 is 1.39 bits per heavy atom. The third kappa shape index (κ3) is 3.18. The topological polar surface area (TPSA) is 35.2 Å². The van der Waals surface area contributed by atoms with E-state index in [0.29, 0.717) is 10.0 Å². The van der Waals surface area contributed by atoms with Gasteiger partial charge in [0.1, 0.15) is 0 Å². The van der Waals surface area contributed by atoms with Crippen LogP contribution in [-0.4, -0.2) is 18.8 Å². The van der Waals surface area contributed by atoms with Crippen LogP contribution in [0.4, 0.5) is 0 Å². The van der Waals surface area contributed by atoms with E-state index in [2.05, 4.69) is 0 Å². The van der Waals surface area contributed by atoms with Crippen LogP contribution in [0.2, 0.25) is 10.0 Å². The number of hydrogen-bond donors (Lipinski definition) is 1. The van der Waals surface area contributed by atoms with E-state index in [9.17, 15) is 0 Å². The van der Waals surface area contributed by atoms with Gasteiger partial charge in [-0.15, -0.1) is 0 Å². The van der Waals surface area contributed by atoms with Crippen molar-refractivity contribution in [1.82, 2.24) is 0 Å². The fraction of sp³-hybridized carbons (Fsp3) is 0.571. The van der Waals surface area contributed by atoms with E-state index in [-0.39, 0.29) is 11.6 Å². The summed E-state index contributed by atoms with van der Waals surface area (Å²) >= 11 is 12.0.